The van der Waals surface area contributed by atoms with Gasteiger partial charge >= 0.3 is 5.97 Å². The van der Waals surface area contributed by atoms with Gasteiger partial charge in [0.15, 0.2) is 0 Å². The molecule has 0 aliphatic heterocycles. The number of aliphatic hydroxyl groups excluding tert-OH is 1. The molecule has 1 atom stereocenters. The number of methoxy groups -OCH3 is 1. The lowest BCUT2D eigenvalue weighted by molar-refractivity contribution is -0.139. The second kappa shape index (κ2) is 6.62. The average Bonchev–Trinajstić information content (AvgIpc) is 2.65. The molecule has 0 saturated heterocycles. The molecule has 90 valence electrons. The van der Waals surface area contributed by atoms with Crippen molar-refractivity contribution in [2.75, 3.05) is 13.7 Å². The van der Waals surface area contributed by atoms with Crippen LogP contribution in [0, 0.1) is 0 Å². The van der Waals surface area contributed by atoms with Crippen molar-refractivity contribution in [3.63, 3.8) is 0 Å². The molecule has 0 unspecified atom stereocenters. The number of aliphatic hydroxyl groups is 1. The van der Waals surface area contributed by atoms with E-state index in [1.165, 1.54) is 7.11 Å². The van der Waals surface area contributed by atoms with Crippen LogP contribution in [-0.4, -0.2) is 30.8 Å². The van der Waals surface area contributed by atoms with E-state index in [9.17, 15) is 4.79 Å². The lowest BCUT2D eigenvalue weighted by atomic mass is 10.3. The molecule has 0 fully saturated rings. The quantitative estimate of drug-likeness (QED) is 0.730. The predicted molar refractivity (Wildman–Crippen MR) is 63.4 cm³/mol. The molecule has 1 heterocycles. The van der Waals surface area contributed by atoms with E-state index >= 15 is 0 Å². The van der Waals surface area contributed by atoms with Crippen LogP contribution >= 0.6 is 11.3 Å². The predicted octanol–water partition coefficient (Wildman–Crippen LogP) is 0.934. The SMILES string of the molecule is COC(=O)Cc1ccc(CNC[C@@H](C)O)s1. The van der Waals surface area contributed by atoms with Crippen LogP contribution in [0.4, 0.5) is 0 Å². The van der Waals surface area contributed by atoms with Gasteiger partial charge in [0.05, 0.1) is 19.6 Å². The van der Waals surface area contributed by atoms with Crippen molar-refractivity contribution >= 4 is 17.3 Å². The summed E-state index contributed by atoms with van der Waals surface area (Å²) >= 11 is 1.58. The van der Waals surface area contributed by atoms with Crippen LogP contribution in [-0.2, 0) is 22.5 Å². The Labute approximate surface area is 99.2 Å². The first-order valence-electron chi connectivity index (χ1n) is 5.15. The van der Waals surface area contributed by atoms with E-state index in [2.05, 4.69) is 10.1 Å². The first-order chi connectivity index (χ1) is 7.61. The van der Waals surface area contributed by atoms with Crippen molar-refractivity contribution in [2.24, 2.45) is 0 Å². The zero-order chi connectivity index (χ0) is 12.0. The molecule has 16 heavy (non-hydrogen) atoms. The van der Waals surface area contributed by atoms with Gasteiger partial charge in [-0.15, -0.1) is 11.3 Å². The number of hydrogen-bond donors (Lipinski definition) is 2. The normalized spacial score (nSPS) is 12.4. The average molecular weight is 243 g/mol. The standard InChI is InChI=1S/C11H17NO3S/c1-8(13)6-12-7-10-4-3-9(16-10)5-11(14)15-2/h3-4,8,12-13H,5-7H2,1-2H3/t8-/m1/s1. The van der Waals surface area contributed by atoms with Crippen molar-refractivity contribution in [3.05, 3.63) is 21.9 Å². The van der Waals surface area contributed by atoms with Gasteiger partial charge < -0.3 is 15.2 Å². The van der Waals surface area contributed by atoms with Crippen molar-refractivity contribution in [1.29, 1.82) is 0 Å². The molecule has 0 amide bonds. The van der Waals surface area contributed by atoms with Gasteiger partial charge in [-0.1, -0.05) is 0 Å². The number of carbonyl (C=O) groups excluding carboxylic acids is 1. The van der Waals surface area contributed by atoms with E-state index in [4.69, 9.17) is 5.11 Å². The second-order valence-corrected chi connectivity index (χ2v) is 4.85. The highest BCUT2D eigenvalue weighted by molar-refractivity contribution is 7.12. The van der Waals surface area contributed by atoms with Gasteiger partial charge in [-0.05, 0) is 19.1 Å². The Morgan fingerprint density at radius 1 is 1.56 bits per heavy atom. The van der Waals surface area contributed by atoms with E-state index in [-0.39, 0.29) is 12.1 Å². The van der Waals surface area contributed by atoms with Crippen LogP contribution in [0.1, 0.15) is 16.7 Å². The number of ether oxygens (including phenoxy) is 1. The Morgan fingerprint density at radius 2 is 2.25 bits per heavy atom. The fourth-order valence-corrected chi connectivity index (χ4v) is 2.20. The minimum atomic E-state index is -0.338. The number of carbonyl (C=O) groups is 1. The summed E-state index contributed by atoms with van der Waals surface area (Å²) in [5.74, 6) is -0.217. The van der Waals surface area contributed by atoms with Crippen LogP contribution in [0.2, 0.25) is 0 Å². The number of esters is 1. The highest BCUT2D eigenvalue weighted by Gasteiger charge is 2.06. The minimum Gasteiger partial charge on any atom is -0.469 e. The number of rotatable bonds is 6. The van der Waals surface area contributed by atoms with Gasteiger partial charge in [-0.2, -0.15) is 0 Å². The summed E-state index contributed by atoms with van der Waals surface area (Å²) in [5, 5.41) is 12.2. The smallest absolute Gasteiger partial charge is 0.310 e. The topological polar surface area (TPSA) is 58.6 Å². The third kappa shape index (κ3) is 4.74. The Hall–Kier alpha value is -0.910. The zero-order valence-corrected chi connectivity index (χ0v) is 10.3. The number of thiophene rings is 1. The molecule has 1 rings (SSSR count). The van der Waals surface area contributed by atoms with Crippen LogP contribution in [0.3, 0.4) is 0 Å². The van der Waals surface area contributed by atoms with E-state index in [1.54, 1.807) is 18.3 Å². The molecule has 1 aromatic heterocycles. The molecule has 0 aromatic carbocycles. The largest absolute Gasteiger partial charge is 0.469 e. The Bertz CT molecular complexity index is 336. The van der Waals surface area contributed by atoms with Crippen LogP contribution < -0.4 is 5.32 Å². The molecule has 0 saturated carbocycles. The van der Waals surface area contributed by atoms with Crippen molar-refractivity contribution in [2.45, 2.75) is 26.0 Å². The zero-order valence-electron chi connectivity index (χ0n) is 9.53. The van der Waals surface area contributed by atoms with Gasteiger partial charge in [0.2, 0.25) is 0 Å². The summed E-state index contributed by atoms with van der Waals surface area (Å²) in [4.78, 5) is 13.2. The number of nitrogens with one attached hydrogen (secondary N) is 1. The van der Waals surface area contributed by atoms with Gasteiger partial charge in [-0.3, -0.25) is 4.79 Å². The van der Waals surface area contributed by atoms with E-state index in [1.807, 2.05) is 12.1 Å². The summed E-state index contributed by atoms with van der Waals surface area (Å²) in [5.41, 5.74) is 0. The summed E-state index contributed by atoms with van der Waals surface area (Å²) in [7, 11) is 1.39. The van der Waals surface area contributed by atoms with Crippen molar-refractivity contribution in [3.8, 4) is 0 Å². The third-order valence-corrected chi connectivity index (χ3v) is 3.09. The summed E-state index contributed by atoms with van der Waals surface area (Å²) in [6.45, 7) is 3.03. The van der Waals surface area contributed by atoms with Gasteiger partial charge in [0, 0.05) is 22.8 Å². The molecule has 0 spiro atoms. The minimum absolute atomic E-state index is 0.217. The number of hydrogen-bond acceptors (Lipinski definition) is 5. The first kappa shape index (κ1) is 13.2. The fraction of sp³-hybridized carbons (Fsp3) is 0.545. The Morgan fingerprint density at radius 3 is 2.88 bits per heavy atom. The van der Waals surface area contributed by atoms with Gasteiger partial charge in [-0.25, -0.2) is 0 Å². The second-order valence-electron chi connectivity index (χ2n) is 3.60. The van der Waals surface area contributed by atoms with Crippen LogP contribution in [0.15, 0.2) is 12.1 Å². The summed E-state index contributed by atoms with van der Waals surface area (Å²) < 4.78 is 4.60. The van der Waals surface area contributed by atoms with Crippen LogP contribution in [0.25, 0.3) is 0 Å². The summed E-state index contributed by atoms with van der Waals surface area (Å²) in [6, 6.07) is 3.92. The van der Waals surface area contributed by atoms with Crippen molar-refractivity contribution in [1.82, 2.24) is 5.32 Å². The maximum absolute atomic E-state index is 11.0. The Kier molecular flexibility index (Phi) is 5.45. The Balaban J connectivity index is 2.36. The molecule has 0 aliphatic carbocycles. The molecule has 0 radical (unpaired) electrons. The molecule has 5 heteroatoms. The van der Waals surface area contributed by atoms with E-state index in [0.717, 1.165) is 16.3 Å². The molecule has 2 N–H and O–H groups in total. The summed E-state index contributed by atoms with van der Waals surface area (Å²) in [6.07, 6.45) is -0.00750. The molecule has 0 bridgehead atoms. The molecule has 0 aliphatic rings. The van der Waals surface area contributed by atoms with Gasteiger partial charge in [0.1, 0.15) is 0 Å². The lowest BCUT2D eigenvalue weighted by Crippen LogP contribution is -2.23. The van der Waals surface area contributed by atoms with Crippen molar-refractivity contribution < 1.29 is 14.6 Å². The highest BCUT2D eigenvalue weighted by atomic mass is 32.1. The lowest BCUT2D eigenvalue weighted by Gasteiger charge is -2.04. The first-order valence-corrected chi connectivity index (χ1v) is 5.96. The van der Waals surface area contributed by atoms with E-state index < -0.39 is 0 Å². The third-order valence-electron chi connectivity index (χ3n) is 2.00. The van der Waals surface area contributed by atoms with Crippen LogP contribution in [0.5, 0.6) is 0 Å². The highest BCUT2D eigenvalue weighted by Crippen LogP contribution is 2.17. The monoisotopic (exact) mass is 243 g/mol. The fourth-order valence-electron chi connectivity index (χ4n) is 1.23. The van der Waals surface area contributed by atoms with E-state index in [0.29, 0.717) is 13.0 Å². The molecule has 4 nitrogen and oxygen atoms in total. The maximum atomic E-state index is 11.0. The maximum Gasteiger partial charge on any atom is 0.310 e. The molecular weight excluding hydrogens is 226 g/mol. The molecule has 1 aromatic rings. The van der Waals surface area contributed by atoms with Gasteiger partial charge in [0.25, 0.3) is 0 Å². The molecular formula is C11H17NO3S.